The Labute approximate surface area is 87.0 Å². The van der Waals surface area contributed by atoms with Gasteiger partial charge in [0.25, 0.3) is 6.47 Å². The van der Waals surface area contributed by atoms with Gasteiger partial charge in [-0.3, -0.25) is 9.78 Å². The van der Waals surface area contributed by atoms with Gasteiger partial charge in [-0.2, -0.15) is 0 Å². The lowest BCUT2D eigenvalue weighted by molar-refractivity contribution is -0.122. The van der Waals surface area contributed by atoms with E-state index in [-0.39, 0.29) is 6.47 Å². The molecule has 2 aliphatic rings. The number of rotatable bonds is 1. The van der Waals surface area contributed by atoms with Gasteiger partial charge in [-0.15, -0.1) is 0 Å². The van der Waals surface area contributed by atoms with Crippen LogP contribution in [-0.2, 0) is 4.79 Å². The molecular formula is C12H9NO2. The quantitative estimate of drug-likeness (QED) is 0.612. The Bertz CT molecular complexity index is 474. The van der Waals surface area contributed by atoms with Gasteiger partial charge in [0, 0.05) is 11.8 Å². The third-order valence-corrected chi connectivity index (χ3v) is 2.27. The van der Waals surface area contributed by atoms with Crippen LogP contribution in [0.25, 0.3) is 22.4 Å². The molecule has 1 N–H and O–H groups in total. The summed E-state index contributed by atoms with van der Waals surface area (Å²) in [4.78, 5) is 12.6. The molecule has 0 bridgehead atoms. The number of hydrogen-bond donors (Lipinski definition) is 1. The van der Waals surface area contributed by atoms with E-state index in [1.807, 2.05) is 24.4 Å². The summed E-state index contributed by atoms with van der Waals surface area (Å²) in [5.74, 6) is 0. The summed E-state index contributed by atoms with van der Waals surface area (Å²) in [7, 11) is 0. The fourth-order valence-electron chi connectivity index (χ4n) is 1.52. The number of carbonyl (C=O) groups is 1. The molecule has 3 rings (SSSR count). The average Bonchev–Trinajstić information content (AvgIpc) is 2.25. The Morgan fingerprint density at radius 2 is 1.93 bits per heavy atom. The van der Waals surface area contributed by atoms with Crippen molar-refractivity contribution in [2.45, 2.75) is 0 Å². The third kappa shape index (κ3) is 1.59. The van der Waals surface area contributed by atoms with E-state index < -0.39 is 0 Å². The molecule has 2 aliphatic carbocycles. The number of pyridine rings is 1. The van der Waals surface area contributed by atoms with Crippen LogP contribution in [0.2, 0.25) is 0 Å². The predicted octanol–water partition coefficient (Wildman–Crippen LogP) is 2.43. The molecule has 0 amide bonds. The van der Waals surface area contributed by atoms with E-state index in [1.165, 1.54) is 16.7 Å². The van der Waals surface area contributed by atoms with Crippen molar-refractivity contribution in [3.8, 4) is 22.4 Å². The average molecular weight is 199 g/mol. The molecule has 1 aromatic rings. The summed E-state index contributed by atoms with van der Waals surface area (Å²) in [6.07, 6.45) is 1.83. The lowest BCUT2D eigenvalue weighted by Crippen LogP contribution is -1.96. The minimum atomic E-state index is -0.250. The second-order valence-corrected chi connectivity index (χ2v) is 3.08. The number of benzene rings is 1. The highest BCUT2D eigenvalue weighted by atomic mass is 16.3. The van der Waals surface area contributed by atoms with E-state index in [4.69, 9.17) is 9.90 Å². The van der Waals surface area contributed by atoms with Gasteiger partial charge in [-0.1, -0.05) is 18.2 Å². The maximum absolute atomic E-state index is 8.36. The van der Waals surface area contributed by atoms with E-state index in [1.54, 1.807) is 0 Å². The van der Waals surface area contributed by atoms with E-state index in [0.717, 1.165) is 5.69 Å². The lowest BCUT2D eigenvalue weighted by atomic mass is 9.85. The van der Waals surface area contributed by atoms with Crippen LogP contribution in [0, 0.1) is 0 Å². The topological polar surface area (TPSA) is 50.2 Å². The summed E-state index contributed by atoms with van der Waals surface area (Å²) in [5, 5.41) is 6.89. The summed E-state index contributed by atoms with van der Waals surface area (Å²) >= 11 is 0. The van der Waals surface area contributed by atoms with Crippen LogP contribution in [0.3, 0.4) is 0 Å². The smallest absolute Gasteiger partial charge is 0.290 e. The Balaban J connectivity index is 0.000000258. The van der Waals surface area contributed by atoms with Gasteiger partial charge in [0.1, 0.15) is 0 Å². The fourth-order valence-corrected chi connectivity index (χ4v) is 1.52. The first kappa shape index (κ1) is 9.40. The maximum atomic E-state index is 8.36. The molecule has 0 radical (unpaired) electrons. The van der Waals surface area contributed by atoms with Crippen LogP contribution in [-0.4, -0.2) is 16.6 Å². The number of aromatic nitrogens is 1. The van der Waals surface area contributed by atoms with Crippen molar-refractivity contribution < 1.29 is 9.90 Å². The summed E-state index contributed by atoms with van der Waals surface area (Å²) in [5.41, 5.74) is 5.11. The van der Waals surface area contributed by atoms with Gasteiger partial charge in [0.15, 0.2) is 0 Å². The SMILES string of the molecule is O=CO.c1ccc(-c2cc3ccc2-3)nc1. The number of hydrogen-bond acceptors (Lipinski definition) is 2. The fraction of sp³-hybridized carbons (Fsp3) is 0. The standard InChI is InChI=1S/C11H7N.CH2O2/c1-2-6-12-11(3-1)10-7-8-4-5-9(8)10;2-1-3/h1-7H;1H,(H,2,3). The highest BCUT2D eigenvalue weighted by Crippen LogP contribution is 2.42. The summed E-state index contributed by atoms with van der Waals surface area (Å²) in [6.45, 7) is -0.250. The molecule has 74 valence electrons. The highest BCUT2D eigenvalue weighted by molar-refractivity contribution is 5.94. The van der Waals surface area contributed by atoms with Crippen molar-refractivity contribution >= 4 is 6.47 Å². The predicted molar refractivity (Wildman–Crippen MR) is 57.4 cm³/mol. The Hall–Kier alpha value is -2.16. The monoisotopic (exact) mass is 199 g/mol. The molecule has 0 fully saturated rings. The van der Waals surface area contributed by atoms with E-state index in [9.17, 15) is 0 Å². The molecule has 15 heavy (non-hydrogen) atoms. The molecule has 1 heterocycles. The third-order valence-electron chi connectivity index (χ3n) is 2.27. The maximum Gasteiger partial charge on any atom is 0.290 e. The van der Waals surface area contributed by atoms with Crippen molar-refractivity contribution in [2.24, 2.45) is 0 Å². The minimum absolute atomic E-state index is 0.250. The zero-order valence-corrected chi connectivity index (χ0v) is 7.92. The zero-order valence-electron chi connectivity index (χ0n) is 7.92. The highest BCUT2D eigenvalue weighted by Gasteiger charge is 2.17. The van der Waals surface area contributed by atoms with Gasteiger partial charge in [-0.25, -0.2) is 0 Å². The zero-order chi connectivity index (χ0) is 10.7. The van der Waals surface area contributed by atoms with Crippen LogP contribution in [0.1, 0.15) is 0 Å². The van der Waals surface area contributed by atoms with Crippen LogP contribution in [0.15, 0.2) is 42.6 Å². The molecular weight excluding hydrogens is 190 g/mol. The van der Waals surface area contributed by atoms with Crippen LogP contribution in [0.4, 0.5) is 0 Å². The Morgan fingerprint density at radius 3 is 2.33 bits per heavy atom. The molecule has 0 spiro atoms. The van der Waals surface area contributed by atoms with Crippen molar-refractivity contribution in [3.63, 3.8) is 0 Å². The van der Waals surface area contributed by atoms with Gasteiger partial charge < -0.3 is 5.11 Å². The van der Waals surface area contributed by atoms with E-state index in [0.29, 0.717) is 0 Å². The van der Waals surface area contributed by atoms with Crippen molar-refractivity contribution in [1.29, 1.82) is 0 Å². The Kier molecular flexibility index (Phi) is 2.46. The first-order valence-corrected chi connectivity index (χ1v) is 4.50. The van der Waals surface area contributed by atoms with Gasteiger partial charge in [-0.05, 0) is 29.3 Å². The molecule has 3 heteroatoms. The van der Waals surface area contributed by atoms with Crippen molar-refractivity contribution in [2.75, 3.05) is 0 Å². The van der Waals surface area contributed by atoms with Gasteiger partial charge in [0.05, 0.1) is 5.69 Å². The van der Waals surface area contributed by atoms with E-state index in [2.05, 4.69) is 23.2 Å². The Morgan fingerprint density at radius 1 is 1.13 bits per heavy atom. The van der Waals surface area contributed by atoms with Crippen molar-refractivity contribution in [1.82, 2.24) is 4.98 Å². The van der Waals surface area contributed by atoms with Crippen LogP contribution in [0.5, 0.6) is 0 Å². The number of fused-ring (bicyclic) bond motifs is 1. The molecule has 0 aromatic carbocycles. The molecule has 1 aromatic heterocycles. The van der Waals surface area contributed by atoms with Crippen molar-refractivity contribution in [3.05, 3.63) is 42.6 Å². The second kappa shape index (κ2) is 3.92. The summed E-state index contributed by atoms with van der Waals surface area (Å²) < 4.78 is 0. The lowest BCUT2D eigenvalue weighted by Gasteiger charge is -2.20. The number of carboxylic acid groups (broad SMARTS) is 1. The molecule has 3 nitrogen and oxygen atoms in total. The molecule has 0 atom stereocenters. The van der Waals surface area contributed by atoms with E-state index >= 15 is 0 Å². The molecule has 0 unspecified atom stereocenters. The molecule has 0 saturated carbocycles. The molecule has 0 saturated heterocycles. The van der Waals surface area contributed by atoms with Crippen LogP contribution < -0.4 is 0 Å². The van der Waals surface area contributed by atoms with Crippen LogP contribution >= 0.6 is 0 Å². The minimum Gasteiger partial charge on any atom is -0.483 e. The molecule has 0 aliphatic heterocycles. The second-order valence-electron chi connectivity index (χ2n) is 3.08. The normalized spacial score (nSPS) is 9.87. The summed E-state index contributed by atoms with van der Waals surface area (Å²) in [6, 6.07) is 12.4. The van der Waals surface area contributed by atoms with Gasteiger partial charge >= 0.3 is 0 Å². The largest absolute Gasteiger partial charge is 0.483 e. The van der Waals surface area contributed by atoms with Gasteiger partial charge in [0.2, 0.25) is 0 Å². The first-order valence-electron chi connectivity index (χ1n) is 4.50. The first-order chi connectivity index (χ1) is 7.36. The number of nitrogens with zero attached hydrogens (tertiary/aromatic N) is 1.